The van der Waals surface area contributed by atoms with E-state index in [2.05, 4.69) is 12.1 Å². The SMILES string of the molecule is CCCc1c(C#N)c(P(=O)(OCC)OCC)c(C)c(C#N)c1CC. The van der Waals surface area contributed by atoms with Crippen molar-refractivity contribution in [1.82, 2.24) is 0 Å². The Bertz CT molecular complexity index is 719. The molecule has 0 saturated carbocycles. The van der Waals surface area contributed by atoms with Crippen molar-refractivity contribution >= 4 is 12.9 Å². The van der Waals surface area contributed by atoms with Gasteiger partial charge >= 0.3 is 7.60 Å². The molecule has 0 aliphatic rings. The molecule has 0 fully saturated rings. The van der Waals surface area contributed by atoms with Gasteiger partial charge in [0.15, 0.2) is 0 Å². The molecule has 0 aliphatic carbocycles. The van der Waals surface area contributed by atoms with Crippen molar-refractivity contribution in [3.63, 3.8) is 0 Å². The summed E-state index contributed by atoms with van der Waals surface area (Å²) in [4.78, 5) is 0. The molecule has 1 aromatic rings. The maximum absolute atomic E-state index is 13.3. The van der Waals surface area contributed by atoms with Gasteiger partial charge in [-0.3, -0.25) is 4.57 Å². The number of benzene rings is 1. The number of rotatable bonds is 8. The van der Waals surface area contributed by atoms with Crippen LogP contribution < -0.4 is 5.30 Å². The predicted octanol–water partition coefficient (Wildman–Crippen LogP) is 4.14. The van der Waals surface area contributed by atoms with Crippen LogP contribution in [-0.4, -0.2) is 13.2 Å². The molecule has 1 rings (SSSR count). The molecular weight excluding hydrogens is 323 g/mol. The number of nitriles is 2. The molecule has 0 heterocycles. The molecule has 0 atom stereocenters. The Labute approximate surface area is 144 Å². The zero-order valence-corrected chi connectivity index (χ0v) is 16.0. The van der Waals surface area contributed by atoms with Crippen LogP contribution in [0, 0.1) is 29.6 Å². The van der Waals surface area contributed by atoms with E-state index in [-0.39, 0.29) is 18.5 Å². The van der Waals surface area contributed by atoms with Gasteiger partial charge in [-0.1, -0.05) is 20.3 Å². The van der Waals surface area contributed by atoms with Gasteiger partial charge in [-0.15, -0.1) is 0 Å². The average molecular weight is 348 g/mol. The zero-order valence-electron chi connectivity index (χ0n) is 15.1. The normalized spacial score (nSPS) is 11.1. The van der Waals surface area contributed by atoms with Crippen LogP contribution in [0.1, 0.15) is 61.9 Å². The van der Waals surface area contributed by atoms with Crippen LogP contribution in [0.25, 0.3) is 0 Å². The monoisotopic (exact) mass is 348 g/mol. The highest BCUT2D eigenvalue weighted by Crippen LogP contribution is 2.50. The summed E-state index contributed by atoms with van der Waals surface area (Å²) in [5, 5.41) is 19.7. The van der Waals surface area contributed by atoms with Crippen LogP contribution in [0.4, 0.5) is 0 Å². The van der Waals surface area contributed by atoms with Crippen LogP contribution in [0.5, 0.6) is 0 Å². The first-order chi connectivity index (χ1) is 11.4. The lowest BCUT2D eigenvalue weighted by Gasteiger charge is -2.24. The highest BCUT2D eigenvalue weighted by Gasteiger charge is 2.35. The summed E-state index contributed by atoms with van der Waals surface area (Å²) < 4.78 is 24.3. The van der Waals surface area contributed by atoms with E-state index in [1.54, 1.807) is 20.8 Å². The second-order valence-corrected chi connectivity index (χ2v) is 7.30. The molecule has 0 unspecified atom stereocenters. The maximum atomic E-state index is 13.3. The smallest absolute Gasteiger partial charge is 0.305 e. The summed E-state index contributed by atoms with van der Waals surface area (Å²) in [7, 11) is -3.66. The Morgan fingerprint density at radius 2 is 1.50 bits per heavy atom. The molecule has 1 aromatic carbocycles. The van der Waals surface area contributed by atoms with Crippen molar-refractivity contribution in [2.45, 2.75) is 53.9 Å². The maximum Gasteiger partial charge on any atom is 0.362 e. The molecular formula is C18H25N2O3P. The number of hydrogen-bond acceptors (Lipinski definition) is 5. The van der Waals surface area contributed by atoms with Gasteiger partial charge in [-0.25, -0.2) is 0 Å². The molecule has 0 saturated heterocycles. The first-order valence-electron chi connectivity index (χ1n) is 8.33. The Morgan fingerprint density at radius 3 is 1.88 bits per heavy atom. The van der Waals surface area contributed by atoms with E-state index in [0.717, 1.165) is 17.5 Å². The molecule has 5 nitrogen and oxygen atoms in total. The van der Waals surface area contributed by atoms with Crippen LogP contribution in [0.2, 0.25) is 0 Å². The van der Waals surface area contributed by atoms with Gasteiger partial charge in [-0.05, 0) is 50.3 Å². The minimum absolute atomic E-state index is 0.197. The van der Waals surface area contributed by atoms with Crippen LogP contribution in [0.3, 0.4) is 0 Å². The van der Waals surface area contributed by atoms with E-state index in [1.807, 2.05) is 13.8 Å². The summed E-state index contributed by atoms with van der Waals surface area (Å²) in [5.74, 6) is 0. The van der Waals surface area contributed by atoms with Gasteiger partial charge in [0.05, 0.1) is 35.7 Å². The molecule has 0 amide bonds. The van der Waals surface area contributed by atoms with Gasteiger partial charge < -0.3 is 9.05 Å². The highest BCUT2D eigenvalue weighted by atomic mass is 31.2. The van der Waals surface area contributed by atoms with Gasteiger partial charge in [0, 0.05) is 0 Å². The van der Waals surface area contributed by atoms with E-state index in [1.165, 1.54) is 0 Å². The summed E-state index contributed by atoms with van der Waals surface area (Å²) in [6.07, 6.45) is 2.11. The van der Waals surface area contributed by atoms with Crippen molar-refractivity contribution in [3.05, 3.63) is 27.8 Å². The third-order valence-electron chi connectivity index (χ3n) is 3.88. The molecule has 0 aliphatic heterocycles. The molecule has 0 N–H and O–H groups in total. The summed E-state index contributed by atoms with van der Waals surface area (Å²) in [6.45, 7) is 9.53. The fourth-order valence-electron chi connectivity index (χ4n) is 3.01. The Balaban J connectivity index is 3.97. The van der Waals surface area contributed by atoms with Gasteiger partial charge in [0.25, 0.3) is 0 Å². The quantitative estimate of drug-likeness (QED) is 0.659. The largest absolute Gasteiger partial charge is 0.362 e. The average Bonchev–Trinajstić information content (AvgIpc) is 2.55. The minimum Gasteiger partial charge on any atom is -0.305 e. The summed E-state index contributed by atoms with van der Waals surface area (Å²) >= 11 is 0. The topological polar surface area (TPSA) is 83.1 Å². The second kappa shape index (κ2) is 9.00. The van der Waals surface area contributed by atoms with E-state index >= 15 is 0 Å². The van der Waals surface area contributed by atoms with Crippen LogP contribution >= 0.6 is 7.60 Å². The van der Waals surface area contributed by atoms with Crippen molar-refractivity contribution in [1.29, 1.82) is 10.5 Å². The van der Waals surface area contributed by atoms with Gasteiger partial charge in [0.2, 0.25) is 0 Å². The van der Waals surface area contributed by atoms with E-state index in [0.29, 0.717) is 29.5 Å². The third kappa shape index (κ3) is 3.70. The first-order valence-corrected chi connectivity index (χ1v) is 9.87. The molecule has 0 spiro atoms. The van der Waals surface area contributed by atoms with Crippen molar-refractivity contribution in [2.75, 3.05) is 13.2 Å². The lowest BCUT2D eigenvalue weighted by Crippen LogP contribution is -2.23. The lowest BCUT2D eigenvalue weighted by molar-refractivity contribution is 0.229. The summed E-state index contributed by atoms with van der Waals surface area (Å²) in [5.41, 5.74) is 3.00. The Kier molecular flexibility index (Phi) is 7.64. The van der Waals surface area contributed by atoms with Crippen LogP contribution in [0.15, 0.2) is 0 Å². The molecule has 0 bridgehead atoms. The Morgan fingerprint density at radius 1 is 0.958 bits per heavy atom. The molecule has 0 radical (unpaired) electrons. The number of hydrogen-bond donors (Lipinski definition) is 0. The minimum atomic E-state index is -3.66. The molecule has 130 valence electrons. The molecule has 6 heteroatoms. The van der Waals surface area contributed by atoms with Crippen LogP contribution in [-0.2, 0) is 26.5 Å². The Hall–Kier alpha value is -1.65. The fraction of sp³-hybridized carbons (Fsp3) is 0.556. The predicted molar refractivity (Wildman–Crippen MR) is 94.5 cm³/mol. The number of nitrogens with zero attached hydrogens (tertiary/aromatic N) is 2. The van der Waals surface area contributed by atoms with Crippen molar-refractivity contribution in [3.8, 4) is 12.1 Å². The van der Waals surface area contributed by atoms with Crippen molar-refractivity contribution < 1.29 is 13.6 Å². The second-order valence-electron chi connectivity index (χ2n) is 5.34. The van der Waals surface area contributed by atoms with E-state index in [9.17, 15) is 15.1 Å². The summed E-state index contributed by atoms with van der Waals surface area (Å²) in [6, 6.07) is 4.42. The lowest BCUT2D eigenvalue weighted by atomic mass is 9.89. The fourth-order valence-corrected chi connectivity index (χ4v) is 5.01. The first kappa shape index (κ1) is 20.4. The van der Waals surface area contributed by atoms with Crippen molar-refractivity contribution in [2.24, 2.45) is 0 Å². The van der Waals surface area contributed by atoms with E-state index < -0.39 is 7.60 Å². The van der Waals surface area contributed by atoms with E-state index in [4.69, 9.17) is 9.05 Å². The third-order valence-corrected chi connectivity index (χ3v) is 6.19. The van der Waals surface area contributed by atoms with Gasteiger partial charge in [0.1, 0.15) is 6.07 Å². The molecule has 0 aromatic heterocycles. The highest BCUT2D eigenvalue weighted by molar-refractivity contribution is 7.62. The van der Waals surface area contributed by atoms with Gasteiger partial charge in [-0.2, -0.15) is 10.5 Å². The standard InChI is InChI=1S/C18H25N2O3P/c1-6-10-15-14(7-2)16(11-19)13(5)18(17(15)12-20)24(21,22-8-3)23-9-4/h6-10H2,1-5H3. The zero-order chi connectivity index (χ0) is 18.3. The molecule has 24 heavy (non-hydrogen) atoms.